The molecule has 164 valence electrons. The molecule has 1 atom stereocenters. The van der Waals surface area contributed by atoms with E-state index in [-0.39, 0.29) is 11.9 Å². The number of fused-ring (bicyclic) bond motifs is 1. The van der Waals surface area contributed by atoms with Crippen molar-refractivity contribution in [2.24, 2.45) is 5.92 Å². The van der Waals surface area contributed by atoms with Gasteiger partial charge in [-0.25, -0.2) is 4.79 Å². The molecule has 0 unspecified atom stereocenters. The third kappa shape index (κ3) is 3.74. The number of rotatable bonds is 7. The van der Waals surface area contributed by atoms with E-state index in [2.05, 4.69) is 24.0 Å². The Kier molecular flexibility index (Phi) is 5.88. The van der Waals surface area contributed by atoms with Crippen LogP contribution in [0.4, 0.5) is 4.79 Å². The van der Waals surface area contributed by atoms with Gasteiger partial charge in [-0.2, -0.15) is 0 Å². The van der Waals surface area contributed by atoms with Crippen molar-refractivity contribution in [2.45, 2.75) is 31.7 Å². The maximum Gasteiger partial charge on any atom is 0.327 e. The number of amides is 3. The van der Waals surface area contributed by atoms with Gasteiger partial charge < -0.3 is 24.0 Å². The van der Waals surface area contributed by atoms with Gasteiger partial charge in [0.05, 0.1) is 6.61 Å². The number of urea groups is 1. The molecule has 8 nitrogen and oxygen atoms in total. The highest BCUT2D eigenvalue weighted by Gasteiger charge is 2.56. The number of methoxy groups -OCH3 is 1. The number of likely N-dealkylation sites (N-methyl/N-ethyl adjacent to an activating group) is 1. The fourth-order valence-electron chi connectivity index (χ4n) is 4.94. The van der Waals surface area contributed by atoms with Gasteiger partial charge in [0.2, 0.25) is 6.79 Å². The highest BCUT2D eigenvalue weighted by atomic mass is 16.7. The number of nitrogens with zero attached hydrogens (tertiary/aromatic N) is 3. The maximum atomic E-state index is 12.9. The Morgan fingerprint density at radius 1 is 1.17 bits per heavy atom. The Morgan fingerprint density at radius 3 is 2.63 bits per heavy atom. The van der Waals surface area contributed by atoms with Gasteiger partial charge in [0.15, 0.2) is 11.5 Å². The molecule has 0 saturated carbocycles. The zero-order valence-electron chi connectivity index (χ0n) is 18.1. The normalized spacial score (nSPS) is 21.7. The third-order valence-corrected chi connectivity index (χ3v) is 6.53. The molecule has 2 fully saturated rings. The second kappa shape index (κ2) is 8.43. The quantitative estimate of drug-likeness (QED) is 0.632. The summed E-state index contributed by atoms with van der Waals surface area (Å²) in [6.45, 7) is 6.00. The molecule has 30 heavy (non-hydrogen) atoms. The summed E-state index contributed by atoms with van der Waals surface area (Å²) in [5, 5.41) is 0. The van der Waals surface area contributed by atoms with Gasteiger partial charge >= 0.3 is 6.03 Å². The SMILES string of the molecule is COCCN1C(=O)N(C)C(=O)C12CCN(C[C@H](C)Cc1ccc3c(c1)OCO3)CC2. The lowest BCUT2D eigenvalue weighted by Gasteiger charge is -2.42. The first-order valence-electron chi connectivity index (χ1n) is 10.6. The predicted octanol–water partition coefficient (Wildman–Crippen LogP) is 1.97. The monoisotopic (exact) mass is 417 g/mol. The van der Waals surface area contributed by atoms with Gasteiger partial charge in [-0.1, -0.05) is 13.0 Å². The first kappa shape index (κ1) is 20.9. The van der Waals surface area contributed by atoms with E-state index in [0.717, 1.165) is 37.6 Å². The number of piperidine rings is 1. The second-order valence-corrected chi connectivity index (χ2v) is 8.62. The molecule has 3 heterocycles. The number of imide groups is 1. The fourth-order valence-corrected chi connectivity index (χ4v) is 4.94. The van der Waals surface area contributed by atoms with Crippen molar-refractivity contribution in [2.75, 3.05) is 53.7 Å². The van der Waals surface area contributed by atoms with Crippen molar-refractivity contribution < 1.29 is 23.8 Å². The molecular weight excluding hydrogens is 386 g/mol. The summed E-state index contributed by atoms with van der Waals surface area (Å²) in [6, 6.07) is 5.93. The van der Waals surface area contributed by atoms with E-state index in [0.29, 0.717) is 38.7 Å². The summed E-state index contributed by atoms with van der Waals surface area (Å²) in [6.07, 6.45) is 2.29. The smallest absolute Gasteiger partial charge is 0.327 e. The van der Waals surface area contributed by atoms with E-state index in [1.807, 2.05) is 6.07 Å². The first-order valence-corrected chi connectivity index (χ1v) is 10.6. The number of carbonyl (C=O) groups is 2. The number of benzene rings is 1. The molecule has 0 aromatic heterocycles. The van der Waals surface area contributed by atoms with E-state index < -0.39 is 5.54 Å². The first-order chi connectivity index (χ1) is 14.4. The molecule has 1 aromatic carbocycles. The summed E-state index contributed by atoms with van der Waals surface area (Å²) < 4.78 is 16.0. The molecule has 4 rings (SSSR count). The molecule has 3 aliphatic rings. The number of hydrogen-bond acceptors (Lipinski definition) is 6. The van der Waals surface area contributed by atoms with Crippen LogP contribution in [0.25, 0.3) is 0 Å². The van der Waals surface area contributed by atoms with Crippen LogP contribution in [0.1, 0.15) is 25.3 Å². The van der Waals surface area contributed by atoms with E-state index in [9.17, 15) is 9.59 Å². The van der Waals surface area contributed by atoms with E-state index in [1.54, 1.807) is 19.1 Å². The molecule has 0 bridgehead atoms. The maximum absolute atomic E-state index is 12.9. The average molecular weight is 418 g/mol. The Hall–Kier alpha value is -2.32. The lowest BCUT2D eigenvalue weighted by Crippen LogP contribution is -2.57. The molecule has 0 N–H and O–H groups in total. The van der Waals surface area contributed by atoms with Crippen molar-refractivity contribution in [3.8, 4) is 11.5 Å². The Morgan fingerprint density at radius 2 is 1.90 bits per heavy atom. The topological polar surface area (TPSA) is 71.6 Å². The molecule has 3 aliphatic heterocycles. The zero-order chi connectivity index (χ0) is 21.3. The summed E-state index contributed by atoms with van der Waals surface area (Å²) in [5.41, 5.74) is 0.533. The van der Waals surface area contributed by atoms with Crippen LogP contribution in [0.15, 0.2) is 18.2 Å². The van der Waals surface area contributed by atoms with Gasteiger partial charge in [-0.15, -0.1) is 0 Å². The van der Waals surface area contributed by atoms with Crippen LogP contribution in [-0.2, 0) is 16.0 Å². The Bertz CT molecular complexity index is 806. The lowest BCUT2D eigenvalue weighted by atomic mass is 9.85. The summed E-state index contributed by atoms with van der Waals surface area (Å²) in [5.74, 6) is 2.03. The number of carbonyl (C=O) groups excluding carboxylic acids is 2. The van der Waals surface area contributed by atoms with Crippen molar-refractivity contribution in [3.63, 3.8) is 0 Å². The number of ether oxygens (including phenoxy) is 3. The van der Waals surface area contributed by atoms with E-state index >= 15 is 0 Å². The van der Waals surface area contributed by atoms with E-state index in [1.165, 1.54) is 10.5 Å². The lowest BCUT2D eigenvalue weighted by molar-refractivity contribution is -0.135. The van der Waals surface area contributed by atoms with Crippen LogP contribution in [0, 0.1) is 5.92 Å². The van der Waals surface area contributed by atoms with Crippen LogP contribution in [-0.4, -0.2) is 85.9 Å². The minimum Gasteiger partial charge on any atom is -0.454 e. The van der Waals surface area contributed by atoms with Crippen LogP contribution in [0.5, 0.6) is 11.5 Å². The van der Waals surface area contributed by atoms with Crippen LogP contribution < -0.4 is 9.47 Å². The highest BCUT2D eigenvalue weighted by Crippen LogP contribution is 2.37. The number of likely N-dealkylation sites (tertiary alicyclic amines) is 1. The highest BCUT2D eigenvalue weighted by molar-refractivity contribution is 6.06. The van der Waals surface area contributed by atoms with Crippen molar-refractivity contribution in [3.05, 3.63) is 23.8 Å². The van der Waals surface area contributed by atoms with Gasteiger partial charge in [-0.3, -0.25) is 9.69 Å². The van der Waals surface area contributed by atoms with Crippen molar-refractivity contribution >= 4 is 11.9 Å². The molecule has 1 aromatic rings. The van der Waals surface area contributed by atoms with Crippen molar-refractivity contribution in [1.82, 2.24) is 14.7 Å². The zero-order valence-corrected chi connectivity index (χ0v) is 18.1. The largest absolute Gasteiger partial charge is 0.454 e. The predicted molar refractivity (Wildman–Crippen MR) is 111 cm³/mol. The van der Waals surface area contributed by atoms with Crippen LogP contribution in [0.2, 0.25) is 0 Å². The summed E-state index contributed by atoms with van der Waals surface area (Å²) >= 11 is 0. The van der Waals surface area contributed by atoms with Gasteiger partial charge in [-0.05, 0) is 42.9 Å². The summed E-state index contributed by atoms with van der Waals surface area (Å²) in [4.78, 5) is 30.9. The Labute approximate surface area is 177 Å². The molecule has 3 amide bonds. The third-order valence-electron chi connectivity index (χ3n) is 6.53. The average Bonchev–Trinajstić information content (AvgIpc) is 3.27. The summed E-state index contributed by atoms with van der Waals surface area (Å²) in [7, 11) is 3.20. The molecule has 0 radical (unpaired) electrons. The molecule has 2 saturated heterocycles. The molecule has 1 spiro atoms. The standard InChI is InChI=1S/C22H31N3O5/c1-16(12-17-4-5-18-19(13-17)30-15-29-18)14-24-8-6-22(7-9-24)20(26)23(2)21(27)25(22)10-11-28-3/h4-5,13,16H,6-12,14-15H2,1-3H3/t16-/m1/s1. The molecular formula is C22H31N3O5. The van der Waals surface area contributed by atoms with Crippen LogP contribution >= 0.6 is 0 Å². The molecule has 8 heteroatoms. The number of hydrogen-bond donors (Lipinski definition) is 0. The minimum atomic E-state index is -0.707. The van der Waals surface area contributed by atoms with Gasteiger partial charge in [0.1, 0.15) is 5.54 Å². The van der Waals surface area contributed by atoms with Crippen LogP contribution in [0.3, 0.4) is 0 Å². The van der Waals surface area contributed by atoms with Gasteiger partial charge in [0, 0.05) is 40.3 Å². The van der Waals surface area contributed by atoms with E-state index in [4.69, 9.17) is 14.2 Å². The second-order valence-electron chi connectivity index (χ2n) is 8.62. The molecule has 0 aliphatic carbocycles. The fraction of sp³-hybridized carbons (Fsp3) is 0.636. The Balaban J connectivity index is 1.34. The van der Waals surface area contributed by atoms with Crippen molar-refractivity contribution in [1.29, 1.82) is 0 Å². The van der Waals surface area contributed by atoms with Gasteiger partial charge in [0.25, 0.3) is 5.91 Å². The minimum absolute atomic E-state index is 0.0725.